The van der Waals surface area contributed by atoms with Crippen LogP contribution in [-0.2, 0) is 14.4 Å². The van der Waals surface area contributed by atoms with Crippen LogP contribution in [0.25, 0.3) is 0 Å². The zero-order valence-electron chi connectivity index (χ0n) is 18.4. The number of allylic oxidation sites excluding steroid dienone is 5. The summed E-state index contributed by atoms with van der Waals surface area (Å²) in [7, 11) is 0. The Kier molecular flexibility index (Phi) is 14.7. The highest BCUT2D eigenvalue weighted by atomic mass is 32.2. The Hall–Kier alpha value is -2.06. The molecule has 8 heteroatoms. The summed E-state index contributed by atoms with van der Waals surface area (Å²) in [4.78, 5) is 33.7. The summed E-state index contributed by atoms with van der Waals surface area (Å²) >= 11 is 1.40. The molecule has 30 heavy (non-hydrogen) atoms. The van der Waals surface area contributed by atoms with Crippen LogP contribution in [0.15, 0.2) is 34.9 Å². The summed E-state index contributed by atoms with van der Waals surface area (Å²) in [5.74, 6) is -2.31. The average Bonchev–Trinajstić information content (AvgIpc) is 2.63. The molecule has 0 rings (SSSR count). The van der Waals surface area contributed by atoms with Crippen molar-refractivity contribution in [3.8, 4) is 0 Å². The van der Waals surface area contributed by atoms with E-state index >= 15 is 0 Å². The van der Waals surface area contributed by atoms with Gasteiger partial charge in [0, 0.05) is 11.5 Å². The first-order chi connectivity index (χ1) is 14.0. The minimum atomic E-state index is -1.34. The second-order valence-corrected chi connectivity index (χ2v) is 8.68. The Balaban J connectivity index is 4.28. The van der Waals surface area contributed by atoms with E-state index in [2.05, 4.69) is 51.2 Å². The number of thioether (sulfide) groups is 1. The fraction of sp³-hybridized carbons (Fsp3) is 0.591. The number of nitrogens with one attached hydrogen (secondary N) is 1. The van der Waals surface area contributed by atoms with Gasteiger partial charge in [-0.1, -0.05) is 34.9 Å². The van der Waals surface area contributed by atoms with Crippen LogP contribution in [0.2, 0.25) is 0 Å². The van der Waals surface area contributed by atoms with Gasteiger partial charge in [0.1, 0.15) is 12.1 Å². The van der Waals surface area contributed by atoms with Gasteiger partial charge >= 0.3 is 11.9 Å². The van der Waals surface area contributed by atoms with Crippen molar-refractivity contribution in [1.29, 1.82) is 0 Å². The lowest BCUT2D eigenvalue weighted by atomic mass is 10.1. The highest BCUT2D eigenvalue weighted by molar-refractivity contribution is 7.99. The molecule has 0 aliphatic rings. The minimum absolute atomic E-state index is 0.191. The summed E-state index contributed by atoms with van der Waals surface area (Å²) in [6.07, 6.45) is 10.2. The minimum Gasteiger partial charge on any atom is -0.480 e. The largest absolute Gasteiger partial charge is 0.480 e. The molecule has 0 saturated heterocycles. The van der Waals surface area contributed by atoms with E-state index in [1.807, 2.05) is 0 Å². The SMILES string of the molecule is CC(C)=CCCC(C)=CCCC(C)=CCSC[C@H](NC(=O)CC(N)C(=O)O)C(=O)O. The number of hydrogen-bond acceptors (Lipinski definition) is 5. The van der Waals surface area contributed by atoms with Crippen LogP contribution in [0.5, 0.6) is 0 Å². The first-order valence-corrected chi connectivity index (χ1v) is 11.2. The van der Waals surface area contributed by atoms with Crippen molar-refractivity contribution in [2.45, 2.75) is 71.9 Å². The second kappa shape index (κ2) is 15.7. The molecular formula is C22H36N2O5S. The molecule has 0 bridgehead atoms. The number of carboxylic acids is 2. The van der Waals surface area contributed by atoms with Gasteiger partial charge in [0.15, 0.2) is 0 Å². The van der Waals surface area contributed by atoms with Crippen molar-refractivity contribution >= 4 is 29.6 Å². The monoisotopic (exact) mass is 440 g/mol. The molecule has 7 nitrogen and oxygen atoms in total. The summed E-state index contributed by atoms with van der Waals surface area (Å²) in [5, 5.41) is 20.3. The molecule has 1 unspecified atom stereocenters. The lowest BCUT2D eigenvalue weighted by Gasteiger charge is -2.15. The molecule has 0 aromatic carbocycles. The fourth-order valence-electron chi connectivity index (χ4n) is 2.44. The molecule has 0 aliphatic carbocycles. The number of hydrogen-bond donors (Lipinski definition) is 4. The van der Waals surface area contributed by atoms with Crippen LogP contribution >= 0.6 is 11.8 Å². The molecule has 170 valence electrons. The van der Waals surface area contributed by atoms with Crippen molar-refractivity contribution in [3.63, 3.8) is 0 Å². The zero-order chi connectivity index (χ0) is 23.1. The van der Waals surface area contributed by atoms with E-state index < -0.39 is 36.4 Å². The van der Waals surface area contributed by atoms with E-state index in [1.54, 1.807) is 0 Å². The van der Waals surface area contributed by atoms with Crippen molar-refractivity contribution in [3.05, 3.63) is 34.9 Å². The van der Waals surface area contributed by atoms with Crippen LogP contribution in [0, 0.1) is 0 Å². The average molecular weight is 441 g/mol. The molecule has 0 aromatic heterocycles. The van der Waals surface area contributed by atoms with Gasteiger partial charge in [-0.25, -0.2) is 4.79 Å². The van der Waals surface area contributed by atoms with Crippen LogP contribution in [0.4, 0.5) is 0 Å². The summed E-state index contributed by atoms with van der Waals surface area (Å²) in [6, 6.07) is -2.42. The van der Waals surface area contributed by atoms with E-state index in [0.717, 1.165) is 25.7 Å². The summed E-state index contributed by atoms with van der Waals surface area (Å²) < 4.78 is 0. The lowest BCUT2D eigenvalue weighted by Crippen LogP contribution is -2.45. The van der Waals surface area contributed by atoms with Crippen molar-refractivity contribution in [2.24, 2.45) is 5.73 Å². The molecule has 0 spiro atoms. The molecular weight excluding hydrogens is 404 g/mol. The molecule has 0 aromatic rings. The Labute approximate surface area is 183 Å². The van der Waals surface area contributed by atoms with E-state index in [-0.39, 0.29) is 5.75 Å². The molecule has 0 heterocycles. The molecule has 2 atom stereocenters. The first kappa shape index (κ1) is 27.9. The van der Waals surface area contributed by atoms with Crippen LogP contribution < -0.4 is 11.1 Å². The second-order valence-electron chi connectivity index (χ2n) is 7.60. The number of carboxylic acid groups (broad SMARTS) is 2. The lowest BCUT2D eigenvalue weighted by molar-refractivity contribution is -0.142. The standard InChI is InChI=1S/C22H36N2O5S/c1-15(2)7-5-8-16(3)9-6-10-17(4)11-12-30-14-19(22(28)29)24-20(25)13-18(23)21(26)27/h7,9,11,18-19H,5-6,8,10,12-14,23H2,1-4H3,(H,24,25)(H,26,27)(H,28,29)/t18?,19-/m0/s1. The molecule has 1 amide bonds. The van der Waals surface area contributed by atoms with Gasteiger partial charge in [-0.05, 0) is 53.4 Å². The zero-order valence-corrected chi connectivity index (χ0v) is 19.3. The molecule has 5 N–H and O–H groups in total. The van der Waals surface area contributed by atoms with E-state index in [1.165, 1.54) is 28.5 Å². The third-order valence-corrected chi connectivity index (χ3v) is 5.28. The Bertz CT molecular complexity index is 666. The molecule has 0 fully saturated rings. The van der Waals surface area contributed by atoms with Crippen molar-refractivity contribution in [2.75, 3.05) is 11.5 Å². The van der Waals surface area contributed by atoms with Gasteiger partial charge < -0.3 is 21.3 Å². The Morgan fingerprint density at radius 2 is 1.50 bits per heavy atom. The van der Waals surface area contributed by atoms with E-state index in [9.17, 15) is 19.5 Å². The maximum absolute atomic E-state index is 11.7. The number of amides is 1. The smallest absolute Gasteiger partial charge is 0.327 e. The quantitative estimate of drug-likeness (QED) is 0.226. The summed E-state index contributed by atoms with van der Waals surface area (Å²) in [6.45, 7) is 8.41. The van der Waals surface area contributed by atoms with Crippen LogP contribution in [-0.4, -0.2) is 51.6 Å². The first-order valence-electron chi connectivity index (χ1n) is 10.1. The number of carbonyl (C=O) groups is 3. The van der Waals surface area contributed by atoms with Gasteiger partial charge in [-0.2, -0.15) is 11.8 Å². The van der Waals surface area contributed by atoms with Gasteiger partial charge in [-0.15, -0.1) is 0 Å². The predicted octanol–water partition coefficient (Wildman–Crippen LogP) is 3.51. The topological polar surface area (TPSA) is 130 Å². The molecule has 0 aliphatic heterocycles. The van der Waals surface area contributed by atoms with E-state index in [0.29, 0.717) is 5.75 Å². The maximum atomic E-state index is 11.7. The number of aliphatic carboxylic acids is 2. The third kappa shape index (κ3) is 14.9. The molecule has 0 saturated carbocycles. The Morgan fingerprint density at radius 1 is 0.933 bits per heavy atom. The van der Waals surface area contributed by atoms with Gasteiger partial charge in [0.2, 0.25) is 5.91 Å². The van der Waals surface area contributed by atoms with Crippen LogP contribution in [0.1, 0.15) is 59.8 Å². The highest BCUT2D eigenvalue weighted by Gasteiger charge is 2.22. The van der Waals surface area contributed by atoms with Crippen LogP contribution in [0.3, 0.4) is 0 Å². The van der Waals surface area contributed by atoms with Gasteiger partial charge in [0.25, 0.3) is 0 Å². The third-order valence-electron chi connectivity index (χ3n) is 4.31. The van der Waals surface area contributed by atoms with Gasteiger partial charge in [-0.3, -0.25) is 9.59 Å². The normalized spacial score (nSPS) is 14.0. The summed E-state index contributed by atoms with van der Waals surface area (Å²) in [5.41, 5.74) is 9.25. The van der Waals surface area contributed by atoms with Crippen molar-refractivity contribution in [1.82, 2.24) is 5.32 Å². The highest BCUT2D eigenvalue weighted by Crippen LogP contribution is 2.13. The number of nitrogens with two attached hydrogens (primary N) is 1. The maximum Gasteiger partial charge on any atom is 0.327 e. The fourth-order valence-corrected chi connectivity index (χ4v) is 3.44. The predicted molar refractivity (Wildman–Crippen MR) is 123 cm³/mol. The number of carbonyl (C=O) groups excluding carboxylic acids is 1. The van der Waals surface area contributed by atoms with Gasteiger partial charge in [0.05, 0.1) is 6.42 Å². The van der Waals surface area contributed by atoms with Crippen molar-refractivity contribution < 1.29 is 24.6 Å². The Morgan fingerprint density at radius 3 is 2.03 bits per heavy atom. The molecule has 0 radical (unpaired) electrons. The number of rotatable bonds is 15. The van der Waals surface area contributed by atoms with E-state index in [4.69, 9.17) is 10.8 Å².